The van der Waals surface area contributed by atoms with E-state index in [1.165, 1.54) is 5.56 Å². The second kappa shape index (κ2) is 8.35. The maximum Gasteiger partial charge on any atom is 0.125 e. The molecule has 0 spiro atoms. The molecular formula is C17H31N3O. The fourth-order valence-corrected chi connectivity index (χ4v) is 2.72. The first-order valence-electron chi connectivity index (χ1n) is 8.06. The lowest BCUT2D eigenvalue weighted by Crippen LogP contribution is -2.41. The molecule has 1 aromatic rings. The third kappa shape index (κ3) is 5.64. The molecule has 4 heteroatoms. The topological polar surface area (TPSA) is 48.4 Å². The van der Waals surface area contributed by atoms with Crippen LogP contribution in [0.1, 0.15) is 46.1 Å². The Morgan fingerprint density at radius 1 is 1.29 bits per heavy atom. The number of hydrogen-bond acceptors (Lipinski definition) is 4. The lowest BCUT2D eigenvalue weighted by atomic mass is 9.83. The van der Waals surface area contributed by atoms with Gasteiger partial charge in [0.15, 0.2) is 0 Å². The summed E-state index contributed by atoms with van der Waals surface area (Å²) in [6.45, 7) is 10.9. The van der Waals surface area contributed by atoms with Crippen molar-refractivity contribution < 1.29 is 5.11 Å². The molecule has 1 aromatic heterocycles. The zero-order valence-electron chi connectivity index (χ0n) is 14.2. The number of rotatable bonds is 4. The van der Waals surface area contributed by atoms with Crippen molar-refractivity contribution in [3.05, 3.63) is 23.9 Å². The highest BCUT2D eigenvalue weighted by molar-refractivity contribution is 5.34. The third-order valence-electron chi connectivity index (χ3n) is 4.07. The molecule has 0 amide bonds. The molecule has 0 atom stereocenters. The van der Waals surface area contributed by atoms with Crippen molar-refractivity contribution in [3.8, 4) is 0 Å². The molecule has 1 aliphatic rings. The van der Waals surface area contributed by atoms with Gasteiger partial charge in [-0.05, 0) is 57.3 Å². The summed E-state index contributed by atoms with van der Waals surface area (Å²) in [4.78, 5) is 6.78. The van der Waals surface area contributed by atoms with Crippen molar-refractivity contribution in [2.24, 2.45) is 5.92 Å². The van der Waals surface area contributed by atoms with Gasteiger partial charge in [-0.15, -0.1) is 0 Å². The number of hydrogen-bond donors (Lipinski definition) is 2. The SMILES string of the molecule is CC.CNc1ccc(CN2CCC(C(C)(C)O)CC2)cn1. The van der Waals surface area contributed by atoms with Crippen LogP contribution < -0.4 is 5.32 Å². The summed E-state index contributed by atoms with van der Waals surface area (Å²) in [5.74, 6) is 1.33. The molecule has 1 aliphatic heterocycles. The second-order valence-corrected chi connectivity index (χ2v) is 6.01. The Kier molecular flexibility index (Phi) is 7.12. The van der Waals surface area contributed by atoms with Crippen molar-refractivity contribution in [3.63, 3.8) is 0 Å². The lowest BCUT2D eigenvalue weighted by molar-refractivity contribution is -0.0136. The number of nitrogens with one attached hydrogen (secondary N) is 1. The number of piperidine rings is 1. The van der Waals surface area contributed by atoms with Gasteiger partial charge < -0.3 is 10.4 Å². The maximum atomic E-state index is 10.0. The van der Waals surface area contributed by atoms with Crippen LogP contribution in [0.25, 0.3) is 0 Å². The van der Waals surface area contributed by atoms with Gasteiger partial charge in [0.05, 0.1) is 5.60 Å². The minimum absolute atomic E-state index is 0.425. The maximum absolute atomic E-state index is 10.0. The average Bonchev–Trinajstić information content (AvgIpc) is 2.50. The predicted molar refractivity (Wildman–Crippen MR) is 89.4 cm³/mol. The van der Waals surface area contributed by atoms with Crippen molar-refractivity contribution in [2.75, 3.05) is 25.5 Å². The van der Waals surface area contributed by atoms with E-state index in [2.05, 4.69) is 21.3 Å². The van der Waals surface area contributed by atoms with Gasteiger partial charge in [0, 0.05) is 19.8 Å². The Morgan fingerprint density at radius 2 is 1.90 bits per heavy atom. The van der Waals surface area contributed by atoms with Crippen LogP contribution in [0.5, 0.6) is 0 Å². The molecule has 2 heterocycles. The van der Waals surface area contributed by atoms with Gasteiger partial charge in [-0.25, -0.2) is 4.98 Å². The Hall–Kier alpha value is -1.13. The summed E-state index contributed by atoms with van der Waals surface area (Å²) in [6, 6.07) is 4.14. The summed E-state index contributed by atoms with van der Waals surface area (Å²) < 4.78 is 0. The highest BCUT2D eigenvalue weighted by Crippen LogP contribution is 2.28. The van der Waals surface area contributed by atoms with Crippen molar-refractivity contribution >= 4 is 5.82 Å². The van der Waals surface area contributed by atoms with Crippen LogP contribution in [-0.4, -0.2) is 40.7 Å². The van der Waals surface area contributed by atoms with E-state index in [1.54, 1.807) is 0 Å². The predicted octanol–water partition coefficient (Wildman–Crippen LogP) is 3.13. The van der Waals surface area contributed by atoms with Crippen LogP contribution in [-0.2, 0) is 6.54 Å². The largest absolute Gasteiger partial charge is 0.390 e. The monoisotopic (exact) mass is 293 g/mol. The molecule has 120 valence electrons. The highest BCUT2D eigenvalue weighted by Gasteiger charge is 2.30. The molecule has 0 radical (unpaired) electrons. The van der Waals surface area contributed by atoms with Crippen LogP contribution in [0.2, 0.25) is 0 Å². The highest BCUT2D eigenvalue weighted by atomic mass is 16.3. The molecule has 2 rings (SSSR count). The number of aliphatic hydroxyl groups is 1. The summed E-state index contributed by atoms with van der Waals surface area (Å²) in [6.07, 6.45) is 4.09. The Balaban J connectivity index is 0.00000106. The van der Waals surface area contributed by atoms with Gasteiger partial charge in [-0.2, -0.15) is 0 Å². The van der Waals surface area contributed by atoms with Gasteiger partial charge in [0.2, 0.25) is 0 Å². The minimum Gasteiger partial charge on any atom is -0.390 e. The molecule has 21 heavy (non-hydrogen) atoms. The first-order valence-corrected chi connectivity index (χ1v) is 8.06. The van der Waals surface area contributed by atoms with Gasteiger partial charge in [0.25, 0.3) is 0 Å². The van der Waals surface area contributed by atoms with E-state index < -0.39 is 5.60 Å². The number of aromatic nitrogens is 1. The fourth-order valence-electron chi connectivity index (χ4n) is 2.72. The standard InChI is InChI=1S/C15H25N3O.C2H6/c1-15(2,19)13-6-8-18(9-7-13)11-12-4-5-14(16-3)17-10-12;1-2/h4-5,10,13,19H,6-9,11H2,1-3H3,(H,16,17);1-2H3. The first-order chi connectivity index (χ1) is 9.99. The summed E-state index contributed by atoms with van der Waals surface area (Å²) >= 11 is 0. The van der Waals surface area contributed by atoms with E-state index in [-0.39, 0.29) is 0 Å². The molecule has 0 aromatic carbocycles. The molecule has 0 unspecified atom stereocenters. The number of nitrogens with zero attached hydrogens (tertiary/aromatic N) is 2. The quantitative estimate of drug-likeness (QED) is 0.895. The molecule has 2 N–H and O–H groups in total. The molecule has 0 bridgehead atoms. The van der Waals surface area contributed by atoms with Crippen LogP contribution in [0.4, 0.5) is 5.82 Å². The number of likely N-dealkylation sites (tertiary alicyclic amines) is 1. The normalized spacial score (nSPS) is 17.0. The molecule has 0 saturated carbocycles. The van der Waals surface area contributed by atoms with E-state index in [4.69, 9.17) is 0 Å². The number of pyridine rings is 1. The lowest BCUT2D eigenvalue weighted by Gasteiger charge is -2.37. The van der Waals surface area contributed by atoms with Crippen molar-refractivity contribution in [1.29, 1.82) is 0 Å². The zero-order valence-corrected chi connectivity index (χ0v) is 14.2. The van der Waals surface area contributed by atoms with E-state index in [0.29, 0.717) is 5.92 Å². The van der Waals surface area contributed by atoms with Crippen LogP contribution in [0, 0.1) is 5.92 Å². The van der Waals surface area contributed by atoms with Gasteiger partial charge in [0.1, 0.15) is 5.82 Å². The van der Waals surface area contributed by atoms with Gasteiger partial charge >= 0.3 is 0 Å². The molecular weight excluding hydrogens is 262 g/mol. The Bertz CT molecular complexity index is 389. The van der Waals surface area contributed by atoms with Gasteiger partial charge in [-0.3, -0.25) is 4.90 Å². The van der Waals surface area contributed by atoms with Crippen molar-refractivity contribution in [2.45, 2.75) is 52.7 Å². The Labute approximate surface area is 129 Å². The fraction of sp³-hybridized carbons (Fsp3) is 0.706. The number of anilines is 1. The van der Waals surface area contributed by atoms with Crippen LogP contribution in [0.3, 0.4) is 0 Å². The minimum atomic E-state index is -0.540. The van der Waals surface area contributed by atoms with E-state index in [9.17, 15) is 5.11 Å². The van der Waals surface area contributed by atoms with E-state index in [1.807, 2.05) is 47.0 Å². The van der Waals surface area contributed by atoms with Crippen LogP contribution in [0.15, 0.2) is 18.3 Å². The van der Waals surface area contributed by atoms with Crippen LogP contribution >= 0.6 is 0 Å². The van der Waals surface area contributed by atoms with Gasteiger partial charge in [-0.1, -0.05) is 19.9 Å². The Morgan fingerprint density at radius 3 is 2.33 bits per heavy atom. The van der Waals surface area contributed by atoms with E-state index in [0.717, 1.165) is 38.3 Å². The smallest absolute Gasteiger partial charge is 0.125 e. The summed E-state index contributed by atoms with van der Waals surface area (Å²) in [7, 11) is 1.88. The molecule has 0 aliphatic carbocycles. The average molecular weight is 293 g/mol. The molecule has 4 nitrogen and oxygen atoms in total. The van der Waals surface area contributed by atoms with Crippen molar-refractivity contribution in [1.82, 2.24) is 9.88 Å². The molecule has 1 fully saturated rings. The third-order valence-corrected chi connectivity index (χ3v) is 4.07. The zero-order chi connectivity index (χ0) is 15.9. The molecule has 1 saturated heterocycles. The summed E-state index contributed by atoms with van der Waals surface area (Å²) in [5, 5.41) is 13.1. The summed E-state index contributed by atoms with van der Waals surface area (Å²) in [5.41, 5.74) is 0.711. The van der Waals surface area contributed by atoms with E-state index >= 15 is 0 Å². The first kappa shape index (κ1) is 17.9. The second-order valence-electron chi connectivity index (χ2n) is 6.01.